The summed E-state index contributed by atoms with van der Waals surface area (Å²) in [4.78, 5) is 16.8. The van der Waals surface area contributed by atoms with Crippen molar-refractivity contribution in [3.05, 3.63) is 96.1 Å². The van der Waals surface area contributed by atoms with E-state index in [4.69, 9.17) is 0 Å². The van der Waals surface area contributed by atoms with Crippen LogP contribution >= 0.6 is 0 Å². The van der Waals surface area contributed by atoms with Gasteiger partial charge in [-0.15, -0.1) is 0 Å². The Morgan fingerprint density at radius 3 is 2.21 bits per heavy atom. The highest BCUT2D eigenvalue weighted by molar-refractivity contribution is 5.93. The van der Waals surface area contributed by atoms with E-state index in [1.807, 2.05) is 91.1 Å². The summed E-state index contributed by atoms with van der Waals surface area (Å²) in [6.45, 7) is 0. The molecule has 0 bridgehead atoms. The molecule has 0 aromatic heterocycles. The highest BCUT2D eigenvalue weighted by atomic mass is 16.1. The van der Waals surface area contributed by atoms with Gasteiger partial charge in [0.1, 0.15) is 0 Å². The molecule has 1 N–H and O–H groups in total. The summed E-state index contributed by atoms with van der Waals surface area (Å²) >= 11 is 0. The average molecular weight is 314 g/mol. The van der Waals surface area contributed by atoms with Crippen LogP contribution < -0.4 is 5.32 Å². The molecule has 0 spiro atoms. The van der Waals surface area contributed by atoms with E-state index in [9.17, 15) is 4.79 Å². The maximum absolute atomic E-state index is 12.2. The van der Waals surface area contributed by atoms with E-state index in [1.165, 1.54) is 0 Å². The largest absolute Gasteiger partial charge is 0.326 e. The second-order valence-corrected chi connectivity index (χ2v) is 5.39. The monoisotopic (exact) mass is 314 g/mol. The fourth-order valence-corrected chi connectivity index (χ4v) is 2.37. The number of carbonyl (C=O) groups is 1. The summed E-state index contributed by atoms with van der Waals surface area (Å²) < 4.78 is 0. The lowest BCUT2D eigenvalue weighted by atomic mass is 10.1. The SMILES string of the molecule is O=C(Cc1ccccc1N=Cc1ccccc1)Nc1ccccc1. The van der Waals surface area contributed by atoms with Crippen LogP contribution in [0.5, 0.6) is 0 Å². The standard InChI is InChI=1S/C21H18N2O/c24-21(23-19-12-5-2-6-13-19)15-18-11-7-8-14-20(18)22-16-17-9-3-1-4-10-17/h1-14,16H,15H2,(H,23,24). The van der Waals surface area contributed by atoms with E-state index in [1.54, 1.807) is 0 Å². The first-order valence-electron chi connectivity index (χ1n) is 7.83. The minimum Gasteiger partial charge on any atom is -0.326 e. The third-order valence-corrected chi connectivity index (χ3v) is 3.55. The maximum Gasteiger partial charge on any atom is 0.228 e. The van der Waals surface area contributed by atoms with Gasteiger partial charge in [0.15, 0.2) is 0 Å². The van der Waals surface area contributed by atoms with Gasteiger partial charge in [-0.25, -0.2) is 0 Å². The summed E-state index contributed by atoms with van der Waals surface area (Å²) in [7, 11) is 0. The van der Waals surface area contributed by atoms with E-state index in [0.717, 1.165) is 22.5 Å². The van der Waals surface area contributed by atoms with Gasteiger partial charge < -0.3 is 5.32 Å². The molecular weight excluding hydrogens is 296 g/mol. The number of rotatable bonds is 5. The second-order valence-electron chi connectivity index (χ2n) is 5.39. The van der Waals surface area contributed by atoms with Gasteiger partial charge in [-0.1, -0.05) is 66.7 Å². The van der Waals surface area contributed by atoms with E-state index in [-0.39, 0.29) is 12.3 Å². The number of carbonyl (C=O) groups excluding carboxylic acids is 1. The molecule has 0 atom stereocenters. The number of para-hydroxylation sites is 2. The Kier molecular flexibility index (Phi) is 5.15. The molecule has 0 unspecified atom stereocenters. The van der Waals surface area contributed by atoms with E-state index in [0.29, 0.717) is 0 Å². The quantitative estimate of drug-likeness (QED) is 0.686. The fourth-order valence-electron chi connectivity index (χ4n) is 2.37. The zero-order valence-corrected chi connectivity index (χ0v) is 13.2. The molecule has 3 nitrogen and oxygen atoms in total. The molecule has 1 amide bonds. The van der Waals surface area contributed by atoms with Crippen molar-refractivity contribution in [1.82, 2.24) is 0 Å². The lowest BCUT2D eigenvalue weighted by molar-refractivity contribution is -0.115. The molecule has 3 heteroatoms. The molecule has 0 aliphatic heterocycles. The predicted octanol–water partition coefficient (Wildman–Crippen LogP) is 4.62. The van der Waals surface area contributed by atoms with Crippen LogP contribution in [0.4, 0.5) is 11.4 Å². The first kappa shape index (κ1) is 15.7. The highest BCUT2D eigenvalue weighted by Gasteiger charge is 2.07. The van der Waals surface area contributed by atoms with Crippen LogP contribution in [0.25, 0.3) is 0 Å². The Balaban J connectivity index is 1.72. The first-order chi connectivity index (χ1) is 11.8. The molecule has 0 aliphatic rings. The molecule has 0 heterocycles. The van der Waals surface area contributed by atoms with E-state index < -0.39 is 0 Å². The van der Waals surface area contributed by atoms with Gasteiger partial charge in [-0.3, -0.25) is 9.79 Å². The third-order valence-electron chi connectivity index (χ3n) is 3.55. The molecule has 3 aromatic rings. The zero-order chi connectivity index (χ0) is 16.6. The molecule has 3 rings (SSSR count). The Hall–Kier alpha value is -3.20. The summed E-state index contributed by atoms with van der Waals surface area (Å²) in [6.07, 6.45) is 2.10. The van der Waals surface area contributed by atoms with E-state index in [2.05, 4.69) is 10.3 Å². The lowest BCUT2D eigenvalue weighted by Gasteiger charge is -2.07. The number of anilines is 1. The fraction of sp³-hybridized carbons (Fsp3) is 0.0476. The van der Waals surface area contributed by atoms with Gasteiger partial charge in [0.05, 0.1) is 12.1 Å². The minimum absolute atomic E-state index is 0.0523. The molecule has 0 aliphatic carbocycles. The van der Waals surface area contributed by atoms with Crippen molar-refractivity contribution in [3.63, 3.8) is 0 Å². The Morgan fingerprint density at radius 1 is 0.833 bits per heavy atom. The minimum atomic E-state index is -0.0523. The number of aliphatic imine (C=N–C) groups is 1. The Labute approximate surface area is 141 Å². The molecule has 0 fully saturated rings. The van der Waals surface area contributed by atoms with Crippen LogP contribution in [0.1, 0.15) is 11.1 Å². The lowest BCUT2D eigenvalue weighted by Crippen LogP contribution is -2.14. The number of nitrogens with zero attached hydrogens (tertiary/aromatic N) is 1. The van der Waals surface area contributed by atoms with Gasteiger partial charge in [0, 0.05) is 11.9 Å². The van der Waals surface area contributed by atoms with Crippen molar-refractivity contribution < 1.29 is 4.79 Å². The van der Waals surface area contributed by atoms with E-state index >= 15 is 0 Å². The maximum atomic E-state index is 12.2. The van der Waals surface area contributed by atoms with Gasteiger partial charge in [0.25, 0.3) is 0 Å². The molecular formula is C21H18N2O. The Morgan fingerprint density at radius 2 is 1.46 bits per heavy atom. The molecule has 0 radical (unpaired) electrons. The molecule has 0 saturated heterocycles. The topological polar surface area (TPSA) is 41.5 Å². The van der Waals surface area contributed by atoms with Crippen molar-refractivity contribution in [2.24, 2.45) is 4.99 Å². The number of nitrogens with one attached hydrogen (secondary N) is 1. The summed E-state index contributed by atoms with van der Waals surface area (Å²) in [6, 6.07) is 27.1. The van der Waals surface area contributed by atoms with Crippen LogP contribution in [0, 0.1) is 0 Å². The molecule has 3 aromatic carbocycles. The summed E-state index contributed by atoms with van der Waals surface area (Å²) in [5, 5.41) is 2.90. The molecule has 0 saturated carbocycles. The Bertz CT molecular complexity index is 827. The van der Waals surface area contributed by atoms with Gasteiger partial charge in [-0.2, -0.15) is 0 Å². The van der Waals surface area contributed by atoms with Crippen LogP contribution in [-0.2, 0) is 11.2 Å². The zero-order valence-electron chi connectivity index (χ0n) is 13.2. The van der Waals surface area contributed by atoms with Crippen LogP contribution in [-0.4, -0.2) is 12.1 Å². The van der Waals surface area contributed by atoms with Gasteiger partial charge in [-0.05, 0) is 29.3 Å². The highest BCUT2D eigenvalue weighted by Crippen LogP contribution is 2.20. The van der Waals surface area contributed by atoms with Crippen LogP contribution in [0.3, 0.4) is 0 Å². The third kappa shape index (κ3) is 4.40. The molecule has 24 heavy (non-hydrogen) atoms. The van der Waals surface area contributed by atoms with Crippen LogP contribution in [0.15, 0.2) is 89.9 Å². The van der Waals surface area contributed by atoms with Crippen molar-refractivity contribution in [2.45, 2.75) is 6.42 Å². The average Bonchev–Trinajstić information content (AvgIpc) is 2.63. The number of hydrogen-bond acceptors (Lipinski definition) is 2. The second kappa shape index (κ2) is 7.88. The number of amides is 1. The smallest absolute Gasteiger partial charge is 0.228 e. The normalized spacial score (nSPS) is 10.7. The first-order valence-corrected chi connectivity index (χ1v) is 7.83. The van der Waals surface area contributed by atoms with Gasteiger partial charge in [0.2, 0.25) is 5.91 Å². The van der Waals surface area contributed by atoms with Gasteiger partial charge >= 0.3 is 0 Å². The van der Waals surface area contributed by atoms with Crippen molar-refractivity contribution >= 4 is 23.5 Å². The van der Waals surface area contributed by atoms with Crippen molar-refractivity contribution in [2.75, 3.05) is 5.32 Å². The number of hydrogen-bond donors (Lipinski definition) is 1. The number of benzene rings is 3. The van der Waals surface area contributed by atoms with Crippen molar-refractivity contribution in [1.29, 1.82) is 0 Å². The van der Waals surface area contributed by atoms with Crippen LogP contribution in [0.2, 0.25) is 0 Å². The molecule has 118 valence electrons. The summed E-state index contributed by atoms with van der Waals surface area (Å²) in [5.41, 5.74) is 3.54. The predicted molar refractivity (Wildman–Crippen MR) is 98.9 cm³/mol. The van der Waals surface area contributed by atoms with Crippen molar-refractivity contribution in [3.8, 4) is 0 Å². The summed E-state index contributed by atoms with van der Waals surface area (Å²) in [5.74, 6) is -0.0523.